The molecule has 9 heteroatoms. The van der Waals surface area contributed by atoms with E-state index in [9.17, 15) is 14.4 Å². The molecule has 2 aromatic rings. The van der Waals surface area contributed by atoms with Gasteiger partial charge in [0, 0.05) is 62.5 Å². The van der Waals surface area contributed by atoms with Crippen LogP contribution < -0.4 is 10.2 Å². The number of hydrogen-bond acceptors (Lipinski definition) is 6. The van der Waals surface area contributed by atoms with Crippen molar-refractivity contribution < 1.29 is 14.4 Å². The van der Waals surface area contributed by atoms with Gasteiger partial charge < -0.3 is 9.80 Å². The zero-order valence-electron chi connectivity index (χ0n) is 17.6. The highest BCUT2D eigenvalue weighted by Crippen LogP contribution is 2.28. The molecule has 1 unspecified atom stereocenters. The molecule has 3 aliphatic rings. The summed E-state index contributed by atoms with van der Waals surface area (Å²) in [6.45, 7) is 4.78. The molecule has 1 aromatic carbocycles. The highest BCUT2D eigenvalue weighted by atomic mass is 35.5. The standard InChI is InChI=1S/C23H24ClN5O3/c24-17-5-6-25-20(12-17)28-9-7-27(8-10-28)13-15-1-2-18-16(11-15)14-29(23(18)32)19-3-4-21(30)26-22(19)31/h1-2,5-6,11-12,19H,3-4,7-10,13-14H2,(H,26,30,31). The molecule has 166 valence electrons. The molecule has 1 aromatic heterocycles. The quantitative estimate of drug-likeness (QED) is 0.711. The Kier molecular flexibility index (Phi) is 5.57. The Hall–Kier alpha value is -2.97. The number of fused-ring (bicyclic) bond motifs is 1. The zero-order chi connectivity index (χ0) is 22.2. The number of imide groups is 1. The number of piperazine rings is 1. The highest BCUT2D eigenvalue weighted by Gasteiger charge is 2.39. The van der Waals surface area contributed by atoms with Crippen LogP contribution in [-0.2, 0) is 22.7 Å². The van der Waals surface area contributed by atoms with Crippen LogP contribution >= 0.6 is 11.6 Å². The number of nitrogens with zero attached hydrogens (tertiary/aromatic N) is 4. The van der Waals surface area contributed by atoms with E-state index in [2.05, 4.69) is 26.2 Å². The third-order valence-corrected chi connectivity index (χ3v) is 6.63. The number of halogens is 1. The smallest absolute Gasteiger partial charge is 0.255 e. The average Bonchev–Trinajstić information content (AvgIpc) is 3.10. The molecule has 2 fully saturated rings. The predicted molar refractivity (Wildman–Crippen MR) is 119 cm³/mol. The fourth-order valence-corrected chi connectivity index (χ4v) is 4.84. The molecule has 5 rings (SSSR count). The van der Waals surface area contributed by atoms with Crippen LogP contribution in [0.3, 0.4) is 0 Å². The van der Waals surface area contributed by atoms with Crippen molar-refractivity contribution in [2.75, 3.05) is 31.1 Å². The number of hydrogen-bond donors (Lipinski definition) is 1. The third-order valence-electron chi connectivity index (χ3n) is 6.40. The Bertz CT molecular complexity index is 1080. The minimum Gasteiger partial charge on any atom is -0.354 e. The molecule has 0 radical (unpaired) electrons. The fourth-order valence-electron chi connectivity index (χ4n) is 4.69. The number of piperidine rings is 1. The van der Waals surface area contributed by atoms with Crippen molar-refractivity contribution in [1.29, 1.82) is 0 Å². The van der Waals surface area contributed by atoms with Gasteiger partial charge >= 0.3 is 0 Å². The van der Waals surface area contributed by atoms with Crippen LogP contribution in [-0.4, -0.2) is 64.7 Å². The monoisotopic (exact) mass is 453 g/mol. The molecule has 0 saturated carbocycles. The predicted octanol–water partition coefficient (Wildman–Crippen LogP) is 1.82. The molecule has 2 saturated heterocycles. The number of aromatic nitrogens is 1. The maximum atomic E-state index is 12.8. The van der Waals surface area contributed by atoms with Gasteiger partial charge in [0.15, 0.2) is 0 Å². The van der Waals surface area contributed by atoms with Crippen molar-refractivity contribution in [1.82, 2.24) is 20.1 Å². The number of benzene rings is 1. The van der Waals surface area contributed by atoms with Crippen molar-refractivity contribution in [3.63, 3.8) is 0 Å². The summed E-state index contributed by atoms with van der Waals surface area (Å²) in [6.07, 6.45) is 2.37. The van der Waals surface area contributed by atoms with E-state index in [0.717, 1.165) is 49.7 Å². The van der Waals surface area contributed by atoms with Gasteiger partial charge in [0.2, 0.25) is 11.8 Å². The van der Waals surface area contributed by atoms with Crippen molar-refractivity contribution in [3.05, 3.63) is 58.2 Å². The first-order chi connectivity index (χ1) is 15.5. The van der Waals surface area contributed by atoms with Gasteiger partial charge in [-0.1, -0.05) is 23.7 Å². The van der Waals surface area contributed by atoms with Gasteiger partial charge in [0.1, 0.15) is 11.9 Å². The molecule has 0 spiro atoms. The summed E-state index contributed by atoms with van der Waals surface area (Å²) in [6, 6.07) is 9.03. The molecule has 3 amide bonds. The molecule has 4 heterocycles. The zero-order valence-corrected chi connectivity index (χ0v) is 18.3. The summed E-state index contributed by atoms with van der Waals surface area (Å²) < 4.78 is 0. The first kappa shape index (κ1) is 20.9. The number of amides is 3. The molecule has 0 bridgehead atoms. The van der Waals surface area contributed by atoms with E-state index in [-0.39, 0.29) is 24.1 Å². The highest BCUT2D eigenvalue weighted by molar-refractivity contribution is 6.30. The molecule has 3 aliphatic heterocycles. The maximum absolute atomic E-state index is 12.8. The average molecular weight is 454 g/mol. The minimum atomic E-state index is -0.579. The van der Waals surface area contributed by atoms with Gasteiger partial charge in [-0.15, -0.1) is 0 Å². The largest absolute Gasteiger partial charge is 0.354 e. The fraction of sp³-hybridized carbons (Fsp3) is 0.391. The Labute approximate surface area is 191 Å². The molecule has 1 N–H and O–H groups in total. The van der Waals surface area contributed by atoms with E-state index in [0.29, 0.717) is 23.6 Å². The lowest BCUT2D eigenvalue weighted by atomic mass is 10.0. The molecular weight excluding hydrogens is 430 g/mol. The SMILES string of the molecule is O=C1CCC(N2Cc3cc(CN4CCN(c5cc(Cl)ccn5)CC4)ccc3C2=O)C(=O)N1. The van der Waals surface area contributed by atoms with Gasteiger partial charge in [-0.3, -0.25) is 24.6 Å². The Morgan fingerprint density at radius 2 is 1.88 bits per heavy atom. The van der Waals surface area contributed by atoms with Crippen LogP contribution in [0, 0.1) is 0 Å². The molecule has 1 atom stereocenters. The van der Waals surface area contributed by atoms with Crippen molar-refractivity contribution in [3.8, 4) is 0 Å². The number of pyridine rings is 1. The molecule has 32 heavy (non-hydrogen) atoms. The van der Waals surface area contributed by atoms with Gasteiger partial charge in [0.05, 0.1) is 0 Å². The van der Waals surface area contributed by atoms with Crippen LogP contribution in [0.4, 0.5) is 5.82 Å². The summed E-state index contributed by atoms with van der Waals surface area (Å²) in [5.74, 6) is 0.115. The molecule has 0 aliphatic carbocycles. The van der Waals surface area contributed by atoms with Gasteiger partial charge in [-0.05, 0) is 35.7 Å². The summed E-state index contributed by atoms with van der Waals surface area (Å²) in [5.41, 5.74) is 2.74. The summed E-state index contributed by atoms with van der Waals surface area (Å²) >= 11 is 6.09. The lowest BCUT2D eigenvalue weighted by Gasteiger charge is -2.35. The lowest BCUT2D eigenvalue weighted by Crippen LogP contribution is -2.52. The van der Waals surface area contributed by atoms with E-state index in [4.69, 9.17) is 11.6 Å². The Balaban J connectivity index is 1.21. The third kappa shape index (κ3) is 4.08. The number of rotatable bonds is 4. The van der Waals surface area contributed by atoms with E-state index in [1.165, 1.54) is 0 Å². The van der Waals surface area contributed by atoms with Crippen molar-refractivity contribution in [2.24, 2.45) is 0 Å². The number of nitrogens with one attached hydrogen (secondary N) is 1. The number of carbonyl (C=O) groups excluding carboxylic acids is 3. The van der Waals surface area contributed by atoms with Crippen LogP contribution in [0.15, 0.2) is 36.5 Å². The number of anilines is 1. The second kappa shape index (κ2) is 8.52. The van der Waals surface area contributed by atoms with Crippen LogP contribution in [0.25, 0.3) is 0 Å². The summed E-state index contributed by atoms with van der Waals surface area (Å²) in [7, 11) is 0. The second-order valence-corrected chi connectivity index (χ2v) is 8.92. The van der Waals surface area contributed by atoms with Crippen molar-refractivity contribution >= 4 is 35.1 Å². The second-order valence-electron chi connectivity index (χ2n) is 8.49. The summed E-state index contributed by atoms with van der Waals surface area (Å²) in [5, 5.41) is 3.03. The van der Waals surface area contributed by atoms with Gasteiger partial charge in [0.25, 0.3) is 5.91 Å². The normalized spacial score (nSPS) is 21.7. The van der Waals surface area contributed by atoms with E-state index < -0.39 is 6.04 Å². The van der Waals surface area contributed by atoms with E-state index in [1.54, 1.807) is 17.2 Å². The first-order valence-corrected chi connectivity index (χ1v) is 11.2. The van der Waals surface area contributed by atoms with Gasteiger partial charge in [-0.2, -0.15) is 0 Å². The summed E-state index contributed by atoms with van der Waals surface area (Å²) in [4.78, 5) is 47.1. The van der Waals surface area contributed by atoms with Crippen LogP contribution in [0.2, 0.25) is 5.02 Å². The molecular formula is C23H24ClN5O3. The molecule has 8 nitrogen and oxygen atoms in total. The van der Waals surface area contributed by atoms with E-state index >= 15 is 0 Å². The minimum absolute atomic E-state index is 0.135. The van der Waals surface area contributed by atoms with Crippen LogP contribution in [0.1, 0.15) is 34.3 Å². The topological polar surface area (TPSA) is 85.9 Å². The Morgan fingerprint density at radius 3 is 2.62 bits per heavy atom. The van der Waals surface area contributed by atoms with Crippen molar-refractivity contribution in [2.45, 2.75) is 32.0 Å². The van der Waals surface area contributed by atoms with Gasteiger partial charge in [-0.25, -0.2) is 4.98 Å². The number of carbonyl (C=O) groups is 3. The van der Waals surface area contributed by atoms with E-state index in [1.807, 2.05) is 18.2 Å². The van der Waals surface area contributed by atoms with Crippen LogP contribution in [0.5, 0.6) is 0 Å². The maximum Gasteiger partial charge on any atom is 0.255 e. The lowest BCUT2D eigenvalue weighted by molar-refractivity contribution is -0.136. The Morgan fingerprint density at radius 1 is 1.06 bits per heavy atom. The first-order valence-electron chi connectivity index (χ1n) is 10.8.